The number of carbonyl (C=O) groups is 2. The van der Waals surface area contributed by atoms with Gasteiger partial charge in [0.1, 0.15) is 11.5 Å². The summed E-state index contributed by atoms with van der Waals surface area (Å²) in [5, 5.41) is 2.95. The van der Waals surface area contributed by atoms with Gasteiger partial charge >= 0.3 is 5.91 Å². The first kappa shape index (κ1) is 20.9. The van der Waals surface area contributed by atoms with Gasteiger partial charge in [0.05, 0.1) is 6.07 Å². The molecule has 2 aromatic carbocycles. The van der Waals surface area contributed by atoms with E-state index >= 15 is 0 Å². The van der Waals surface area contributed by atoms with E-state index in [1.807, 2.05) is 77.6 Å². The molecule has 2 heterocycles. The number of amides is 2. The van der Waals surface area contributed by atoms with Crippen molar-refractivity contribution in [2.24, 2.45) is 5.73 Å². The molecule has 0 aliphatic carbocycles. The molecule has 160 valence electrons. The Morgan fingerprint density at radius 2 is 1.69 bits per heavy atom. The monoisotopic (exact) mass is 427 g/mol. The normalized spacial score (nSPS) is 10.5. The molecule has 2 amide bonds. The minimum absolute atomic E-state index is 0.115. The number of H-pyrrole nitrogens is 1. The number of aromatic amines is 1. The summed E-state index contributed by atoms with van der Waals surface area (Å²) in [6.45, 7) is 0.494. The van der Waals surface area contributed by atoms with Gasteiger partial charge in [-0.25, -0.2) is 4.98 Å². The van der Waals surface area contributed by atoms with Gasteiger partial charge in [0.25, 0.3) is 11.6 Å². The molecule has 0 aliphatic rings. The van der Waals surface area contributed by atoms with Crippen LogP contribution in [0.2, 0.25) is 0 Å². The van der Waals surface area contributed by atoms with Gasteiger partial charge in [-0.2, -0.15) is 0 Å². The van der Waals surface area contributed by atoms with Crippen LogP contribution in [0.3, 0.4) is 0 Å². The van der Waals surface area contributed by atoms with Crippen LogP contribution in [0, 0.1) is 0 Å². The highest BCUT2D eigenvalue weighted by molar-refractivity contribution is 5.94. The van der Waals surface area contributed by atoms with Gasteiger partial charge in [0, 0.05) is 36.3 Å². The SMILES string of the molecule is NC(=O)c1cc(Oc2cccc(CCNC(=O)c3ccc(-n4cccc4)cc3)c2)cc[nH+]1. The van der Waals surface area contributed by atoms with E-state index in [2.05, 4.69) is 10.3 Å². The summed E-state index contributed by atoms with van der Waals surface area (Å²) in [7, 11) is 0. The second-order valence-electron chi connectivity index (χ2n) is 7.19. The Kier molecular flexibility index (Phi) is 6.27. The number of benzene rings is 2. The summed E-state index contributed by atoms with van der Waals surface area (Å²) in [4.78, 5) is 26.5. The summed E-state index contributed by atoms with van der Waals surface area (Å²) >= 11 is 0. The van der Waals surface area contributed by atoms with Gasteiger partial charge in [-0.15, -0.1) is 0 Å². The summed E-state index contributed by atoms with van der Waals surface area (Å²) in [5.74, 6) is 0.470. The number of rotatable bonds is 8. The zero-order chi connectivity index (χ0) is 22.3. The fourth-order valence-corrected chi connectivity index (χ4v) is 3.27. The van der Waals surface area contributed by atoms with Gasteiger partial charge in [-0.05, 0) is 60.5 Å². The summed E-state index contributed by atoms with van der Waals surface area (Å²) in [6, 6.07) is 22.2. The van der Waals surface area contributed by atoms with Crippen LogP contribution < -0.4 is 20.8 Å². The van der Waals surface area contributed by atoms with E-state index in [9.17, 15) is 9.59 Å². The second-order valence-corrected chi connectivity index (χ2v) is 7.19. The smallest absolute Gasteiger partial charge is 0.313 e. The van der Waals surface area contributed by atoms with Gasteiger partial charge in [-0.1, -0.05) is 12.1 Å². The molecule has 0 saturated heterocycles. The molecule has 0 fully saturated rings. The third kappa shape index (κ3) is 5.20. The number of ether oxygens (including phenoxy) is 1. The Hall–Kier alpha value is -4.39. The third-order valence-corrected chi connectivity index (χ3v) is 4.90. The van der Waals surface area contributed by atoms with E-state index in [0.717, 1.165) is 11.3 Å². The Bertz CT molecular complexity index is 1220. The van der Waals surface area contributed by atoms with Crippen molar-refractivity contribution >= 4 is 11.8 Å². The first-order valence-electron chi connectivity index (χ1n) is 10.2. The zero-order valence-electron chi connectivity index (χ0n) is 17.3. The molecule has 0 saturated carbocycles. The fourth-order valence-electron chi connectivity index (χ4n) is 3.27. The van der Waals surface area contributed by atoms with Gasteiger partial charge in [0.15, 0.2) is 6.20 Å². The first-order valence-corrected chi connectivity index (χ1v) is 10.2. The Morgan fingerprint density at radius 3 is 2.44 bits per heavy atom. The van der Waals surface area contributed by atoms with Crippen molar-refractivity contribution in [2.45, 2.75) is 6.42 Å². The standard InChI is InChI=1S/C25H22N4O3/c26-24(30)23-17-22(11-13-27-23)32-21-5-3-4-18(16-21)10-12-28-25(31)19-6-8-20(9-7-19)29-14-1-2-15-29/h1-9,11,13-17H,10,12H2,(H2,26,30)(H,28,31)/p+1. The van der Waals surface area contributed by atoms with Crippen LogP contribution in [-0.2, 0) is 6.42 Å². The molecule has 0 atom stereocenters. The van der Waals surface area contributed by atoms with E-state index in [1.54, 1.807) is 18.3 Å². The predicted octanol–water partition coefficient (Wildman–Crippen LogP) is 3.16. The Labute approximate surface area is 185 Å². The average Bonchev–Trinajstić information content (AvgIpc) is 3.35. The van der Waals surface area contributed by atoms with Crippen molar-refractivity contribution in [3.63, 3.8) is 0 Å². The van der Waals surface area contributed by atoms with E-state index in [1.165, 1.54) is 0 Å². The maximum absolute atomic E-state index is 12.4. The highest BCUT2D eigenvalue weighted by Gasteiger charge is 2.11. The van der Waals surface area contributed by atoms with Crippen molar-refractivity contribution < 1.29 is 19.3 Å². The Balaban J connectivity index is 1.32. The number of primary amides is 1. The van der Waals surface area contributed by atoms with E-state index in [0.29, 0.717) is 30.0 Å². The van der Waals surface area contributed by atoms with Crippen LogP contribution in [0.5, 0.6) is 11.5 Å². The average molecular weight is 427 g/mol. The predicted molar refractivity (Wildman–Crippen MR) is 120 cm³/mol. The molecule has 4 N–H and O–H groups in total. The number of nitrogens with zero attached hydrogens (tertiary/aromatic N) is 1. The molecular formula is C25H23N4O3+. The first-order chi connectivity index (χ1) is 15.6. The van der Waals surface area contributed by atoms with Crippen LogP contribution in [0.25, 0.3) is 5.69 Å². The van der Waals surface area contributed by atoms with E-state index < -0.39 is 5.91 Å². The lowest BCUT2D eigenvalue weighted by atomic mass is 10.1. The highest BCUT2D eigenvalue weighted by atomic mass is 16.5. The second kappa shape index (κ2) is 9.61. The van der Waals surface area contributed by atoms with Crippen molar-refractivity contribution in [1.29, 1.82) is 0 Å². The van der Waals surface area contributed by atoms with Crippen molar-refractivity contribution in [1.82, 2.24) is 9.88 Å². The number of nitrogens with one attached hydrogen (secondary N) is 2. The van der Waals surface area contributed by atoms with Gasteiger partial charge < -0.3 is 20.4 Å². The molecule has 7 nitrogen and oxygen atoms in total. The number of aromatic nitrogens is 2. The molecule has 0 bridgehead atoms. The van der Waals surface area contributed by atoms with Crippen molar-refractivity contribution in [3.05, 3.63) is 108 Å². The zero-order valence-corrected chi connectivity index (χ0v) is 17.3. The van der Waals surface area contributed by atoms with Crippen molar-refractivity contribution in [2.75, 3.05) is 6.54 Å². The molecule has 0 radical (unpaired) electrons. The van der Waals surface area contributed by atoms with Crippen LogP contribution in [0.1, 0.15) is 26.4 Å². The maximum Gasteiger partial charge on any atom is 0.313 e. The fraction of sp³-hybridized carbons (Fsp3) is 0.0800. The molecule has 4 aromatic rings. The number of hydrogen-bond acceptors (Lipinski definition) is 3. The maximum atomic E-state index is 12.4. The van der Waals surface area contributed by atoms with Gasteiger partial charge in [-0.3, -0.25) is 9.59 Å². The largest absolute Gasteiger partial charge is 0.457 e. The molecule has 32 heavy (non-hydrogen) atoms. The third-order valence-electron chi connectivity index (χ3n) is 4.90. The lowest BCUT2D eigenvalue weighted by Crippen LogP contribution is -2.25. The molecule has 2 aromatic heterocycles. The van der Waals surface area contributed by atoms with Crippen LogP contribution in [0.15, 0.2) is 91.4 Å². The highest BCUT2D eigenvalue weighted by Crippen LogP contribution is 2.22. The number of hydrogen-bond donors (Lipinski definition) is 2. The van der Waals surface area contributed by atoms with E-state index in [-0.39, 0.29) is 11.6 Å². The minimum Gasteiger partial charge on any atom is -0.457 e. The molecule has 7 heteroatoms. The Morgan fingerprint density at radius 1 is 0.938 bits per heavy atom. The lowest BCUT2D eigenvalue weighted by molar-refractivity contribution is -0.382. The number of nitrogens with two attached hydrogens (primary N) is 1. The molecule has 0 unspecified atom stereocenters. The van der Waals surface area contributed by atoms with Crippen LogP contribution >= 0.6 is 0 Å². The molecule has 4 rings (SSSR count). The molecule has 0 aliphatic heterocycles. The summed E-state index contributed by atoms with van der Waals surface area (Å²) < 4.78 is 7.82. The topological polar surface area (TPSA) is 100 Å². The number of pyridine rings is 1. The quantitative estimate of drug-likeness (QED) is 0.452. The van der Waals surface area contributed by atoms with Gasteiger partial charge in [0.2, 0.25) is 0 Å². The van der Waals surface area contributed by atoms with Crippen LogP contribution in [-0.4, -0.2) is 22.9 Å². The minimum atomic E-state index is -0.556. The summed E-state index contributed by atoms with van der Waals surface area (Å²) in [6.07, 6.45) is 6.17. The molecule has 0 spiro atoms. The number of carbonyl (C=O) groups excluding carboxylic acids is 2. The van der Waals surface area contributed by atoms with E-state index in [4.69, 9.17) is 10.5 Å². The van der Waals surface area contributed by atoms with Crippen LogP contribution in [0.4, 0.5) is 0 Å². The summed E-state index contributed by atoms with van der Waals surface area (Å²) in [5.41, 5.74) is 8.19. The van der Waals surface area contributed by atoms with Crippen molar-refractivity contribution in [3.8, 4) is 17.2 Å². The lowest BCUT2D eigenvalue weighted by Gasteiger charge is -2.09. The molecular weight excluding hydrogens is 404 g/mol.